The number of carbonyl (C=O) groups excluding carboxylic acids is 2. The smallest absolute Gasteiger partial charge is 0.270 e. The number of hydrogen-bond acceptors (Lipinski definition) is 6. The first kappa shape index (κ1) is 19.0. The minimum absolute atomic E-state index is 0.0728. The summed E-state index contributed by atoms with van der Waals surface area (Å²) in [5, 5.41) is 15.5. The number of nitrogens with zero attached hydrogens (tertiary/aromatic N) is 3. The van der Waals surface area contributed by atoms with E-state index >= 15 is 0 Å². The SMILES string of the molecule is O=C(NCCN1CCN(C(=O)c2cccs2)CC1)c1cccc([N+](=O)[O-])c1. The number of amides is 2. The van der Waals surface area contributed by atoms with E-state index in [0.717, 1.165) is 18.0 Å². The number of nitrogens with one attached hydrogen (secondary N) is 1. The summed E-state index contributed by atoms with van der Waals surface area (Å²) in [6.07, 6.45) is 0. The van der Waals surface area contributed by atoms with Crippen molar-refractivity contribution < 1.29 is 14.5 Å². The van der Waals surface area contributed by atoms with Crippen LogP contribution in [-0.4, -0.2) is 65.8 Å². The number of carbonyl (C=O) groups is 2. The summed E-state index contributed by atoms with van der Waals surface area (Å²) in [6, 6.07) is 9.38. The van der Waals surface area contributed by atoms with Crippen molar-refractivity contribution in [2.45, 2.75) is 0 Å². The van der Waals surface area contributed by atoms with Gasteiger partial charge in [-0.1, -0.05) is 12.1 Å². The van der Waals surface area contributed by atoms with Crippen LogP contribution in [-0.2, 0) is 0 Å². The maximum atomic E-state index is 12.3. The molecular weight excluding hydrogens is 368 g/mol. The van der Waals surface area contributed by atoms with Gasteiger partial charge >= 0.3 is 0 Å². The molecule has 0 unspecified atom stereocenters. The molecular formula is C18H20N4O4S. The number of nitro benzene ring substituents is 1. The molecule has 0 spiro atoms. The highest BCUT2D eigenvalue weighted by molar-refractivity contribution is 7.12. The number of thiophene rings is 1. The molecule has 1 aliphatic rings. The number of hydrogen-bond donors (Lipinski definition) is 1. The van der Waals surface area contributed by atoms with Gasteiger partial charge in [0.05, 0.1) is 9.80 Å². The van der Waals surface area contributed by atoms with E-state index in [2.05, 4.69) is 10.2 Å². The topological polar surface area (TPSA) is 95.8 Å². The summed E-state index contributed by atoms with van der Waals surface area (Å²) in [5.41, 5.74) is 0.171. The fraction of sp³-hybridized carbons (Fsp3) is 0.333. The van der Waals surface area contributed by atoms with E-state index < -0.39 is 4.92 Å². The Morgan fingerprint density at radius 2 is 1.93 bits per heavy atom. The molecule has 0 radical (unpaired) electrons. The minimum Gasteiger partial charge on any atom is -0.351 e. The fourth-order valence-electron chi connectivity index (χ4n) is 2.92. The third-order valence-electron chi connectivity index (χ3n) is 4.42. The molecule has 0 bridgehead atoms. The van der Waals surface area contributed by atoms with E-state index in [-0.39, 0.29) is 23.1 Å². The average Bonchev–Trinajstić information content (AvgIpc) is 3.23. The van der Waals surface area contributed by atoms with Crippen LogP contribution in [0.2, 0.25) is 0 Å². The second kappa shape index (κ2) is 8.74. The van der Waals surface area contributed by atoms with Gasteiger partial charge in [0.15, 0.2) is 0 Å². The van der Waals surface area contributed by atoms with E-state index in [1.807, 2.05) is 22.4 Å². The van der Waals surface area contributed by atoms with Gasteiger partial charge in [-0.25, -0.2) is 0 Å². The van der Waals surface area contributed by atoms with Gasteiger partial charge in [-0.3, -0.25) is 24.6 Å². The summed E-state index contributed by atoms with van der Waals surface area (Å²) in [6.45, 7) is 3.95. The van der Waals surface area contributed by atoms with Crippen molar-refractivity contribution in [1.82, 2.24) is 15.1 Å². The lowest BCUT2D eigenvalue weighted by molar-refractivity contribution is -0.384. The predicted molar refractivity (Wildman–Crippen MR) is 102 cm³/mol. The zero-order valence-corrected chi connectivity index (χ0v) is 15.5. The van der Waals surface area contributed by atoms with Gasteiger partial charge in [0.25, 0.3) is 17.5 Å². The summed E-state index contributed by atoms with van der Waals surface area (Å²) in [5.74, 6) is -0.256. The van der Waals surface area contributed by atoms with E-state index in [9.17, 15) is 19.7 Å². The summed E-state index contributed by atoms with van der Waals surface area (Å²) >= 11 is 1.45. The van der Waals surface area contributed by atoms with Crippen LogP contribution in [0.25, 0.3) is 0 Å². The summed E-state index contributed by atoms with van der Waals surface area (Å²) in [7, 11) is 0. The van der Waals surface area contributed by atoms with Crippen LogP contribution >= 0.6 is 11.3 Å². The second-order valence-electron chi connectivity index (χ2n) is 6.17. The molecule has 9 heteroatoms. The molecule has 1 N–H and O–H groups in total. The molecule has 0 saturated carbocycles. The van der Waals surface area contributed by atoms with E-state index in [4.69, 9.17) is 0 Å². The third kappa shape index (κ3) is 4.89. The first-order valence-electron chi connectivity index (χ1n) is 8.62. The van der Waals surface area contributed by atoms with Crippen LogP contribution in [0.1, 0.15) is 20.0 Å². The van der Waals surface area contributed by atoms with E-state index in [0.29, 0.717) is 26.2 Å². The van der Waals surface area contributed by atoms with Crippen molar-refractivity contribution in [3.05, 3.63) is 62.3 Å². The Labute approximate surface area is 160 Å². The molecule has 2 amide bonds. The molecule has 2 heterocycles. The molecule has 1 fully saturated rings. The normalized spacial score (nSPS) is 14.7. The Kier molecular flexibility index (Phi) is 6.15. The van der Waals surface area contributed by atoms with Gasteiger partial charge in [-0.05, 0) is 17.5 Å². The molecule has 0 aliphatic carbocycles. The number of nitro groups is 1. The largest absolute Gasteiger partial charge is 0.351 e. The quantitative estimate of drug-likeness (QED) is 0.602. The van der Waals surface area contributed by atoms with Gasteiger partial charge in [0.2, 0.25) is 0 Å². The van der Waals surface area contributed by atoms with Crippen LogP contribution < -0.4 is 5.32 Å². The highest BCUT2D eigenvalue weighted by Crippen LogP contribution is 2.14. The highest BCUT2D eigenvalue weighted by Gasteiger charge is 2.22. The maximum absolute atomic E-state index is 12.3. The maximum Gasteiger partial charge on any atom is 0.270 e. The van der Waals surface area contributed by atoms with Crippen molar-refractivity contribution in [3.63, 3.8) is 0 Å². The number of rotatable bonds is 6. The van der Waals surface area contributed by atoms with Crippen molar-refractivity contribution in [3.8, 4) is 0 Å². The second-order valence-corrected chi connectivity index (χ2v) is 7.12. The average molecular weight is 388 g/mol. The Balaban J connectivity index is 1.41. The monoisotopic (exact) mass is 388 g/mol. The number of benzene rings is 1. The van der Waals surface area contributed by atoms with Crippen LogP contribution in [0.15, 0.2) is 41.8 Å². The number of piperazine rings is 1. The summed E-state index contributed by atoms with van der Waals surface area (Å²) in [4.78, 5) is 39.5. The van der Waals surface area contributed by atoms with Gasteiger partial charge in [0, 0.05) is 57.0 Å². The van der Waals surface area contributed by atoms with Crippen LogP contribution in [0.5, 0.6) is 0 Å². The Bertz CT molecular complexity index is 817. The predicted octanol–water partition coefficient (Wildman–Crippen LogP) is 1.84. The van der Waals surface area contributed by atoms with Gasteiger partial charge in [-0.2, -0.15) is 0 Å². The molecule has 1 aromatic heterocycles. The first-order valence-corrected chi connectivity index (χ1v) is 9.50. The minimum atomic E-state index is -0.520. The number of non-ortho nitro benzene ring substituents is 1. The molecule has 2 aromatic rings. The lowest BCUT2D eigenvalue weighted by Crippen LogP contribution is -2.50. The lowest BCUT2D eigenvalue weighted by atomic mass is 10.2. The standard InChI is InChI=1S/C18H20N4O4S/c23-17(14-3-1-4-15(13-14)22(25)26)19-6-7-20-8-10-21(11-9-20)18(24)16-5-2-12-27-16/h1-5,12-13H,6-11H2,(H,19,23). The van der Waals surface area contributed by atoms with Crippen molar-refractivity contribution in [1.29, 1.82) is 0 Å². The van der Waals surface area contributed by atoms with Crippen LogP contribution in [0, 0.1) is 10.1 Å². The fourth-order valence-corrected chi connectivity index (χ4v) is 3.61. The first-order chi connectivity index (χ1) is 13.0. The van der Waals surface area contributed by atoms with E-state index in [1.54, 1.807) is 6.07 Å². The van der Waals surface area contributed by atoms with Crippen molar-refractivity contribution in [2.75, 3.05) is 39.3 Å². The Morgan fingerprint density at radius 3 is 2.59 bits per heavy atom. The zero-order valence-electron chi connectivity index (χ0n) is 14.7. The van der Waals surface area contributed by atoms with Crippen LogP contribution in [0.4, 0.5) is 5.69 Å². The van der Waals surface area contributed by atoms with E-state index in [1.165, 1.54) is 29.5 Å². The molecule has 142 valence electrons. The van der Waals surface area contributed by atoms with Crippen molar-refractivity contribution in [2.24, 2.45) is 0 Å². The molecule has 8 nitrogen and oxygen atoms in total. The molecule has 27 heavy (non-hydrogen) atoms. The molecule has 1 saturated heterocycles. The van der Waals surface area contributed by atoms with Crippen LogP contribution in [0.3, 0.4) is 0 Å². The molecule has 0 atom stereocenters. The molecule has 1 aliphatic heterocycles. The summed E-state index contributed by atoms with van der Waals surface area (Å²) < 4.78 is 0. The van der Waals surface area contributed by atoms with Gasteiger partial charge < -0.3 is 10.2 Å². The van der Waals surface area contributed by atoms with Gasteiger partial charge in [0.1, 0.15) is 0 Å². The van der Waals surface area contributed by atoms with Crippen molar-refractivity contribution >= 4 is 28.8 Å². The lowest BCUT2D eigenvalue weighted by Gasteiger charge is -2.34. The third-order valence-corrected chi connectivity index (χ3v) is 5.28. The Hall–Kier alpha value is -2.78. The Morgan fingerprint density at radius 1 is 1.15 bits per heavy atom. The molecule has 3 rings (SSSR count). The molecule has 1 aromatic carbocycles. The highest BCUT2D eigenvalue weighted by atomic mass is 32.1. The van der Waals surface area contributed by atoms with Gasteiger partial charge in [-0.15, -0.1) is 11.3 Å². The zero-order chi connectivity index (χ0) is 19.2.